The fraction of sp³-hybridized carbons (Fsp3) is 0.0769. The minimum Gasteiger partial charge on any atom is -0.219 e. The van der Waals surface area contributed by atoms with Gasteiger partial charge in [0.25, 0.3) is 0 Å². The summed E-state index contributed by atoms with van der Waals surface area (Å²) >= 11 is 0. The molecule has 0 N–H and O–H groups in total. The van der Waals surface area contributed by atoms with E-state index in [9.17, 15) is 8.42 Å². The highest BCUT2D eigenvalue weighted by Crippen LogP contribution is 2.19. The van der Waals surface area contributed by atoms with Gasteiger partial charge in [0, 0.05) is 0 Å². The van der Waals surface area contributed by atoms with E-state index in [-0.39, 0.29) is 4.91 Å². The molecule has 0 unspecified atom stereocenters. The molecule has 0 saturated carbocycles. The van der Waals surface area contributed by atoms with Crippen molar-refractivity contribution in [3.8, 4) is 0 Å². The van der Waals surface area contributed by atoms with E-state index in [1.165, 1.54) is 12.2 Å². The molecule has 0 bridgehead atoms. The van der Waals surface area contributed by atoms with E-state index in [4.69, 9.17) is 0 Å². The summed E-state index contributed by atoms with van der Waals surface area (Å²) in [5.74, 6) is 0. The molecular formula is C13H14O2S. The zero-order valence-corrected chi connectivity index (χ0v) is 9.94. The minimum atomic E-state index is -3.42. The zero-order chi connectivity index (χ0) is 12.0. The van der Waals surface area contributed by atoms with Crippen LogP contribution in [0, 0.1) is 0 Å². The SMILES string of the molecule is C=C/C=C(\C=C/C)S(=O)(=O)c1ccccc1. The summed E-state index contributed by atoms with van der Waals surface area (Å²) in [6, 6.07) is 8.35. The Hall–Kier alpha value is -1.61. The van der Waals surface area contributed by atoms with Crippen LogP contribution in [0.15, 0.2) is 71.0 Å². The third kappa shape index (κ3) is 2.70. The Morgan fingerprint density at radius 1 is 1.25 bits per heavy atom. The summed E-state index contributed by atoms with van der Waals surface area (Å²) < 4.78 is 24.3. The van der Waals surface area contributed by atoms with Crippen molar-refractivity contribution in [2.75, 3.05) is 0 Å². The van der Waals surface area contributed by atoms with Crippen molar-refractivity contribution in [2.24, 2.45) is 0 Å². The smallest absolute Gasteiger partial charge is 0.206 e. The number of hydrogen-bond donors (Lipinski definition) is 0. The molecule has 0 spiro atoms. The van der Waals surface area contributed by atoms with Crippen molar-refractivity contribution >= 4 is 9.84 Å². The summed E-state index contributed by atoms with van der Waals surface area (Å²) in [5.41, 5.74) is 0. The molecule has 2 nitrogen and oxygen atoms in total. The van der Waals surface area contributed by atoms with Gasteiger partial charge in [-0.25, -0.2) is 8.42 Å². The molecule has 0 atom stereocenters. The second-order valence-corrected chi connectivity index (χ2v) is 5.07. The maximum atomic E-state index is 12.1. The Kier molecular flexibility index (Phi) is 4.26. The molecule has 0 aliphatic rings. The highest BCUT2D eigenvalue weighted by Gasteiger charge is 2.16. The van der Waals surface area contributed by atoms with E-state index in [0.29, 0.717) is 4.90 Å². The van der Waals surface area contributed by atoms with Gasteiger partial charge < -0.3 is 0 Å². The Morgan fingerprint density at radius 3 is 2.38 bits per heavy atom. The molecule has 84 valence electrons. The van der Waals surface area contributed by atoms with Crippen LogP contribution in [0.1, 0.15) is 6.92 Å². The van der Waals surface area contributed by atoms with E-state index < -0.39 is 9.84 Å². The lowest BCUT2D eigenvalue weighted by Gasteiger charge is -2.04. The van der Waals surface area contributed by atoms with E-state index in [0.717, 1.165) is 0 Å². The van der Waals surface area contributed by atoms with Gasteiger partial charge in [0.15, 0.2) is 0 Å². The fourth-order valence-corrected chi connectivity index (χ4v) is 2.63. The number of allylic oxidation sites excluding steroid dienone is 4. The van der Waals surface area contributed by atoms with Crippen LogP contribution >= 0.6 is 0 Å². The normalized spacial score (nSPS) is 12.9. The summed E-state index contributed by atoms with van der Waals surface area (Å²) in [5, 5.41) is 0. The lowest BCUT2D eigenvalue weighted by Crippen LogP contribution is -2.02. The monoisotopic (exact) mass is 234 g/mol. The zero-order valence-electron chi connectivity index (χ0n) is 9.13. The van der Waals surface area contributed by atoms with Gasteiger partial charge in [0.2, 0.25) is 9.84 Å². The molecule has 0 amide bonds. The predicted octanol–water partition coefficient (Wildman–Crippen LogP) is 3.11. The topological polar surface area (TPSA) is 34.1 Å². The van der Waals surface area contributed by atoms with Crippen LogP contribution in [0.25, 0.3) is 0 Å². The molecule has 0 aromatic heterocycles. The van der Waals surface area contributed by atoms with Crippen molar-refractivity contribution in [2.45, 2.75) is 11.8 Å². The second-order valence-electron chi connectivity index (χ2n) is 3.12. The van der Waals surface area contributed by atoms with Crippen LogP contribution in [0.2, 0.25) is 0 Å². The van der Waals surface area contributed by atoms with Gasteiger partial charge in [0.05, 0.1) is 9.80 Å². The van der Waals surface area contributed by atoms with Crippen molar-refractivity contribution in [3.05, 3.63) is 66.1 Å². The molecule has 16 heavy (non-hydrogen) atoms. The minimum absolute atomic E-state index is 0.246. The molecule has 0 aliphatic carbocycles. The van der Waals surface area contributed by atoms with Gasteiger partial charge in [-0.1, -0.05) is 36.9 Å². The van der Waals surface area contributed by atoms with Gasteiger partial charge >= 0.3 is 0 Å². The fourth-order valence-electron chi connectivity index (χ4n) is 1.25. The molecule has 1 rings (SSSR count). The molecule has 0 heterocycles. The average Bonchev–Trinajstić information content (AvgIpc) is 2.30. The molecule has 0 radical (unpaired) electrons. The number of benzene rings is 1. The maximum absolute atomic E-state index is 12.1. The largest absolute Gasteiger partial charge is 0.219 e. The van der Waals surface area contributed by atoms with Crippen molar-refractivity contribution in [3.63, 3.8) is 0 Å². The second kappa shape index (κ2) is 5.47. The quantitative estimate of drug-likeness (QED) is 0.750. The Balaban J connectivity index is 3.30. The maximum Gasteiger partial charge on any atom is 0.206 e. The summed E-state index contributed by atoms with van der Waals surface area (Å²) in [4.78, 5) is 0.539. The Morgan fingerprint density at radius 2 is 1.88 bits per heavy atom. The molecular weight excluding hydrogens is 220 g/mol. The summed E-state index contributed by atoms with van der Waals surface area (Å²) in [6.45, 7) is 5.29. The van der Waals surface area contributed by atoms with E-state index in [1.54, 1.807) is 49.4 Å². The predicted molar refractivity (Wildman–Crippen MR) is 66.7 cm³/mol. The van der Waals surface area contributed by atoms with E-state index in [1.807, 2.05) is 0 Å². The van der Waals surface area contributed by atoms with Crippen molar-refractivity contribution in [1.29, 1.82) is 0 Å². The van der Waals surface area contributed by atoms with Crippen LogP contribution < -0.4 is 0 Å². The average molecular weight is 234 g/mol. The standard InChI is InChI=1S/C13H14O2S/c1-3-8-12(9-4-2)16(14,15)13-10-6-5-7-11-13/h3-11H,1H2,2H3/b9-4-,12-8+. The molecule has 0 saturated heterocycles. The number of hydrogen-bond acceptors (Lipinski definition) is 2. The van der Waals surface area contributed by atoms with Gasteiger partial charge in [-0.15, -0.1) is 0 Å². The summed E-state index contributed by atoms with van der Waals surface area (Å²) in [6.07, 6.45) is 6.21. The summed E-state index contributed by atoms with van der Waals surface area (Å²) in [7, 11) is -3.42. The van der Waals surface area contributed by atoms with Gasteiger partial charge in [0.1, 0.15) is 0 Å². The molecule has 0 aliphatic heterocycles. The molecule has 1 aromatic rings. The van der Waals surface area contributed by atoms with Crippen LogP contribution in [-0.2, 0) is 9.84 Å². The molecule has 1 aromatic carbocycles. The first-order valence-corrected chi connectivity index (χ1v) is 6.37. The van der Waals surface area contributed by atoms with Crippen LogP contribution in [0.3, 0.4) is 0 Å². The van der Waals surface area contributed by atoms with Crippen molar-refractivity contribution < 1.29 is 8.42 Å². The highest BCUT2D eigenvalue weighted by atomic mass is 32.2. The van der Waals surface area contributed by atoms with Crippen LogP contribution in [-0.4, -0.2) is 8.42 Å². The van der Waals surface area contributed by atoms with Crippen LogP contribution in [0.4, 0.5) is 0 Å². The highest BCUT2D eigenvalue weighted by molar-refractivity contribution is 7.95. The van der Waals surface area contributed by atoms with Crippen molar-refractivity contribution in [1.82, 2.24) is 0 Å². The van der Waals surface area contributed by atoms with E-state index >= 15 is 0 Å². The first-order chi connectivity index (χ1) is 7.62. The van der Waals surface area contributed by atoms with Gasteiger partial charge in [-0.3, -0.25) is 0 Å². The molecule has 3 heteroatoms. The first kappa shape index (κ1) is 12.5. The lowest BCUT2D eigenvalue weighted by molar-refractivity contribution is 0.603. The Bertz CT molecular complexity index is 508. The lowest BCUT2D eigenvalue weighted by atomic mass is 10.4. The number of rotatable bonds is 4. The van der Waals surface area contributed by atoms with Crippen LogP contribution in [0.5, 0.6) is 0 Å². The third-order valence-electron chi connectivity index (χ3n) is 1.98. The first-order valence-electron chi connectivity index (χ1n) is 4.88. The van der Waals surface area contributed by atoms with E-state index in [2.05, 4.69) is 6.58 Å². The third-order valence-corrected chi connectivity index (χ3v) is 3.76. The molecule has 0 fully saturated rings. The van der Waals surface area contributed by atoms with Gasteiger partial charge in [-0.05, 0) is 31.2 Å². The van der Waals surface area contributed by atoms with Gasteiger partial charge in [-0.2, -0.15) is 0 Å². The number of sulfone groups is 1. The Labute approximate surface area is 96.5 Å².